The van der Waals surface area contributed by atoms with E-state index in [1.54, 1.807) is 12.1 Å². The summed E-state index contributed by atoms with van der Waals surface area (Å²) < 4.78 is 0. The number of hydrogen-bond donors (Lipinski definition) is 2. The number of fused-ring (bicyclic) bond motifs is 2. The number of allylic oxidation sites excluding steroid dienone is 2. The van der Waals surface area contributed by atoms with E-state index in [9.17, 15) is 9.59 Å². The summed E-state index contributed by atoms with van der Waals surface area (Å²) in [6, 6.07) is 4.82. The van der Waals surface area contributed by atoms with E-state index >= 15 is 0 Å². The molecule has 0 saturated heterocycles. The molecule has 0 unspecified atom stereocenters. The Kier molecular flexibility index (Phi) is 3.53. The molecular weight excluding hydrogens is 266 g/mol. The highest BCUT2D eigenvalue weighted by Gasteiger charge is 2.36. The van der Waals surface area contributed by atoms with Crippen LogP contribution in [-0.2, 0) is 4.79 Å². The van der Waals surface area contributed by atoms with Gasteiger partial charge in [-0.1, -0.05) is 18.2 Å². The van der Waals surface area contributed by atoms with E-state index in [1.165, 1.54) is 12.5 Å². The van der Waals surface area contributed by atoms with Gasteiger partial charge in [0.2, 0.25) is 5.91 Å². The zero-order valence-corrected chi connectivity index (χ0v) is 12.0. The first-order chi connectivity index (χ1) is 10.0. The van der Waals surface area contributed by atoms with Crippen LogP contribution in [0.2, 0.25) is 0 Å². The monoisotopic (exact) mass is 285 g/mol. The number of aryl methyl sites for hydroxylation is 1. The standard InChI is InChI=1S/C17H19NO3/c1-10-2-5-13(17(20)21)9-15(10)18-16(19)14-8-11-3-6-12(14)7-4-11/h2-3,5-6,9,11-12,14H,4,7-8H2,1H3,(H,18,19)(H,20,21)/t11-,12+,14-/m1/s1. The molecule has 1 aromatic carbocycles. The molecule has 2 N–H and O–H groups in total. The van der Waals surface area contributed by atoms with Crippen molar-refractivity contribution in [2.24, 2.45) is 17.8 Å². The molecular formula is C17H19NO3. The van der Waals surface area contributed by atoms with Gasteiger partial charge in [-0.05, 0) is 55.7 Å². The van der Waals surface area contributed by atoms with Gasteiger partial charge in [0, 0.05) is 11.6 Å². The van der Waals surface area contributed by atoms with Crippen molar-refractivity contribution in [1.82, 2.24) is 0 Å². The highest BCUT2D eigenvalue weighted by atomic mass is 16.4. The molecule has 0 aromatic heterocycles. The lowest BCUT2D eigenvalue weighted by molar-refractivity contribution is -0.122. The summed E-state index contributed by atoms with van der Waals surface area (Å²) in [5.41, 5.74) is 1.68. The highest BCUT2D eigenvalue weighted by molar-refractivity contribution is 5.96. The molecule has 1 fully saturated rings. The van der Waals surface area contributed by atoms with Crippen LogP contribution in [-0.4, -0.2) is 17.0 Å². The number of carboxylic acids is 1. The average molecular weight is 285 g/mol. The van der Waals surface area contributed by atoms with Gasteiger partial charge < -0.3 is 10.4 Å². The first kappa shape index (κ1) is 13.9. The van der Waals surface area contributed by atoms with Gasteiger partial charge in [-0.2, -0.15) is 0 Å². The fourth-order valence-corrected chi connectivity index (χ4v) is 3.35. The topological polar surface area (TPSA) is 66.4 Å². The number of anilines is 1. The normalized spacial score (nSPS) is 26.6. The fraction of sp³-hybridized carbons (Fsp3) is 0.412. The van der Waals surface area contributed by atoms with Crippen molar-refractivity contribution in [1.29, 1.82) is 0 Å². The van der Waals surface area contributed by atoms with Gasteiger partial charge in [0.1, 0.15) is 0 Å². The van der Waals surface area contributed by atoms with Gasteiger partial charge in [-0.15, -0.1) is 0 Å². The predicted molar refractivity (Wildman–Crippen MR) is 80.2 cm³/mol. The number of aromatic carboxylic acids is 1. The Bertz CT molecular complexity index is 620. The van der Waals surface area contributed by atoms with Gasteiger partial charge in [-0.3, -0.25) is 4.79 Å². The highest BCUT2D eigenvalue weighted by Crippen LogP contribution is 2.40. The Morgan fingerprint density at radius 3 is 2.62 bits per heavy atom. The molecule has 1 aromatic rings. The third-order valence-electron chi connectivity index (χ3n) is 4.65. The summed E-state index contributed by atoms with van der Waals surface area (Å²) in [6.45, 7) is 1.87. The molecule has 0 spiro atoms. The number of hydrogen-bond acceptors (Lipinski definition) is 2. The Morgan fingerprint density at radius 1 is 1.24 bits per heavy atom. The van der Waals surface area contributed by atoms with Crippen LogP contribution in [0.15, 0.2) is 30.4 Å². The molecule has 1 amide bonds. The summed E-state index contributed by atoms with van der Waals surface area (Å²) in [7, 11) is 0. The van der Waals surface area contributed by atoms with E-state index in [4.69, 9.17) is 5.11 Å². The van der Waals surface area contributed by atoms with Gasteiger partial charge in [0.15, 0.2) is 0 Å². The van der Waals surface area contributed by atoms with Crippen LogP contribution in [0.25, 0.3) is 0 Å². The zero-order chi connectivity index (χ0) is 15.0. The first-order valence-corrected chi connectivity index (χ1v) is 7.37. The van der Waals surface area contributed by atoms with E-state index in [0.29, 0.717) is 17.5 Å². The van der Waals surface area contributed by atoms with Crippen molar-refractivity contribution < 1.29 is 14.7 Å². The van der Waals surface area contributed by atoms with Crippen molar-refractivity contribution in [3.8, 4) is 0 Å². The molecule has 0 heterocycles. The molecule has 3 aliphatic carbocycles. The quantitative estimate of drug-likeness (QED) is 0.838. The van der Waals surface area contributed by atoms with Crippen LogP contribution in [0, 0.1) is 24.7 Å². The number of rotatable bonds is 3. The molecule has 3 aliphatic rings. The minimum Gasteiger partial charge on any atom is -0.478 e. The molecule has 21 heavy (non-hydrogen) atoms. The number of carboxylic acid groups (broad SMARTS) is 1. The van der Waals surface area contributed by atoms with Gasteiger partial charge in [-0.25, -0.2) is 4.79 Å². The smallest absolute Gasteiger partial charge is 0.335 e. The first-order valence-electron chi connectivity index (χ1n) is 7.37. The second-order valence-electron chi connectivity index (χ2n) is 6.05. The molecule has 110 valence electrons. The minimum absolute atomic E-state index is 0.0136. The largest absolute Gasteiger partial charge is 0.478 e. The minimum atomic E-state index is -0.981. The summed E-state index contributed by atoms with van der Waals surface area (Å²) in [4.78, 5) is 23.5. The summed E-state index contributed by atoms with van der Waals surface area (Å²) >= 11 is 0. The fourth-order valence-electron chi connectivity index (χ4n) is 3.35. The summed E-state index contributed by atoms with van der Waals surface area (Å²) in [5, 5.41) is 12.0. The average Bonchev–Trinajstić information content (AvgIpc) is 2.50. The second kappa shape index (κ2) is 5.35. The summed E-state index contributed by atoms with van der Waals surface area (Å²) in [6.07, 6.45) is 7.56. The van der Waals surface area contributed by atoms with Crippen LogP contribution in [0.1, 0.15) is 35.2 Å². The van der Waals surface area contributed by atoms with E-state index < -0.39 is 5.97 Å². The molecule has 0 aliphatic heterocycles. The van der Waals surface area contributed by atoms with Gasteiger partial charge >= 0.3 is 5.97 Å². The van der Waals surface area contributed by atoms with Crippen LogP contribution < -0.4 is 5.32 Å². The maximum atomic E-state index is 12.5. The number of benzene rings is 1. The van der Waals surface area contributed by atoms with Crippen molar-refractivity contribution in [2.75, 3.05) is 5.32 Å². The van der Waals surface area contributed by atoms with E-state index in [0.717, 1.165) is 18.4 Å². The van der Waals surface area contributed by atoms with Crippen molar-refractivity contribution in [3.63, 3.8) is 0 Å². The zero-order valence-electron chi connectivity index (χ0n) is 12.0. The number of carbonyl (C=O) groups excluding carboxylic acids is 1. The van der Waals surface area contributed by atoms with Crippen LogP contribution >= 0.6 is 0 Å². The number of nitrogens with one attached hydrogen (secondary N) is 1. The Balaban J connectivity index is 1.77. The molecule has 2 bridgehead atoms. The lowest BCUT2D eigenvalue weighted by atomic mass is 9.69. The number of carbonyl (C=O) groups is 2. The third-order valence-corrected chi connectivity index (χ3v) is 4.65. The molecule has 0 radical (unpaired) electrons. The maximum Gasteiger partial charge on any atom is 0.335 e. The molecule has 1 saturated carbocycles. The van der Waals surface area contributed by atoms with E-state index in [-0.39, 0.29) is 17.4 Å². The number of amides is 1. The van der Waals surface area contributed by atoms with Crippen LogP contribution in [0.4, 0.5) is 5.69 Å². The lowest BCUT2D eigenvalue weighted by Crippen LogP contribution is -2.36. The van der Waals surface area contributed by atoms with Crippen LogP contribution in [0.3, 0.4) is 0 Å². The molecule has 3 atom stereocenters. The third kappa shape index (κ3) is 2.71. The van der Waals surface area contributed by atoms with Crippen LogP contribution in [0.5, 0.6) is 0 Å². The summed E-state index contributed by atoms with van der Waals surface area (Å²) in [5.74, 6) is -0.0957. The van der Waals surface area contributed by atoms with Gasteiger partial charge in [0.05, 0.1) is 5.56 Å². The van der Waals surface area contributed by atoms with Crippen molar-refractivity contribution in [2.45, 2.75) is 26.2 Å². The van der Waals surface area contributed by atoms with Crippen molar-refractivity contribution in [3.05, 3.63) is 41.5 Å². The SMILES string of the molecule is Cc1ccc(C(=O)O)cc1NC(=O)[C@@H]1C[C@@H]2C=C[C@H]1CC2. The van der Waals surface area contributed by atoms with Crippen molar-refractivity contribution >= 4 is 17.6 Å². The molecule has 4 nitrogen and oxygen atoms in total. The molecule has 4 heteroatoms. The molecule has 4 rings (SSSR count). The Morgan fingerprint density at radius 2 is 2.05 bits per heavy atom. The Hall–Kier alpha value is -2.10. The van der Waals surface area contributed by atoms with E-state index in [2.05, 4.69) is 17.5 Å². The Labute approximate surface area is 123 Å². The van der Waals surface area contributed by atoms with Gasteiger partial charge in [0.25, 0.3) is 0 Å². The van der Waals surface area contributed by atoms with E-state index in [1.807, 2.05) is 6.92 Å². The second-order valence-corrected chi connectivity index (χ2v) is 6.05. The lowest BCUT2D eigenvalue weighted by Gasteiger charge is -2.37. The predicted octanol–water partition coefficient (Wildman–Crippen LogP) is 3.23. The maximum absolute atomic E-state index is 12.5.